The van der Waals surface area contributed by atoms with Crippen LogP contribution in [0.2, 0.25) is 0 Å². The lowest BCUT2D eigenvalue weighted by atomic mass is 9.77. The second kappa shape index (κ2) is 3.03. The molecular formula is C8H14O3. The summed E-state index contributed by atoms with van der Waals surface area (Å²) >= 11 is 0. The Morgan fingerprint density at radius 1 is 1.36 bits per heavy atom. The molecule has 0 radical (unpaired) electrons. The highest BCUT2D eigenvalue weighted by Crippen LogP contribution is 2.27. The quantitative estimate of drug-likeness (QED) is 0.674. The Morgan fingerprint density at radius 2 is 1.73 bits per heavy atom. The predicted molar refractivity (Wildman–Crippen MR) is 41.3 cm³/mol. The maximum Gasteiger partial charge on any atom is 0.307 e. The van der Waals surface area contributed by atoms with E-state index in [2.05, 4.69) is 0 Å². The van der Waals surface area contributed by atoms with Gasteiger partial charge in [-0.05, 0) is 6.92 Å². The summed E-state index contributed by atoms with van der Waals surface area (Å²) in [7, 11) is 0. The largest absolute Gasteiger partial charge is 0.481 e. The van der Waals surface area contributed by atoms with Crippen molar-refractivity contribution in [1.82, 2.24) is 0 Å². The van der Waals surface area contributed by atoms with Crippen molar-refractivity contribution in [3.63, 3.8) is 0 Å². The van der Waals surface area contributed by atoms with Gasteiger partial charge in [-0.1, -0.05) is 20.8 Å². The monoisotopic (exact) mass is 158 g/mol. The van der Waals surface area contributed by atoms with E-state index >= 15 is 0 Å². The van der Waals surface area contributed by atoms with Crippen LogP contribution in [0.3, 0.4) is 0 Å². The summed E-state index contributed by atoms with van der Waals surface area (Å²) in [5.74, 6) is -1.64. The molecule has 0 heterocycles. The zero-order valence-electron chi connectivity index (χ0n) is 7.34. The van der Waals surface area contributed by atoms with Crippen molar-refractivity contribution >= 4 is 11.8 Å². The highest BCUT2D eigenvalue weighted by atomic mass is 16.4. The smallest absolute Gasteiger partial charge is 0.307 e. The molecular weight excluding hydrogens is 144 g/mol. The standard InChI is InChI=1S/C8H14O3/c1-5(7(10)11)8(3,4)6(2)9/h5H,1-4H3,(H,10,11). The predicted octanol–water partition coefficient (Wildman–Crippen LogP) is 1.32. The highest BCUT2D eigenvalue weighted by Gasteiger charge is 2.35. The van der Waals surface area contributed by atoms with Crippen molar-refractivity contribution < 1.29 is 14.7 Å². The van der Waals surface area contributed by atoms with Crippen molar-refractivity contribution in [3.05, 3.63) is 0 Å². The van der Waals surface area contributed by atoms with E-state index < -0.39 is 17.3 Å². The van der Waals surface area contributed by atoms with Crippen LogP contribution in [-0.4, -0.2) is 16.9 Å². The molecule has 0 saturated carbocycles. The van der Waals surface area contributed by atoms with Crippen LogP contribution in [0.4, 0.5) is 0 Å². The van der Waals surface area contributed by atoms with Crippen molar-refractivity contribution in [1.29, 1.82) is 0 Å². The summed E-state index contributed by atoms with van der Waals surface area (Å²) in [6, 6.07) is 0. The molecule has 0 rings (SSSR count). The van der Waals surface area contributed by atoms with Crippen molar-refractivity contribution in [2.24, 2.45) is 11.3 Å². The SMILES string of the molecule is CC(=O)C(C)(C)C(C)C(=O)O. The molecule has 3 nitrogen and oxygen atoms in total. The van der Waals surface area contributed by atoms with E-state index in [0.717, 1.165) is 0 Å². The van der Waals surface area contributed by atoms with E-state index in [9.17, 15) is 9.59 Å². The number of carbonyl (C=O) groups is 2. The van der Waals surface area contributed by atoms with Crippen molar-refractivity contribution in [2.75, 3.05) is 0 Å². The molecule has 64 valence electrons. The van der Waals surface area contributed by atoms with Crippen molar-refractivity contribution in [3.8, 4) is 0 Å². The lowest BCUT2D eigenvalue weighted by Gasteiger charge is -2.25. The zero-order chi connectivity index (χ0) is 9.23. The third kappa shape index (κ3) is 2.03. The minimum absolute atomic E-state index is 0.0904. The number of hydrogen-bond acceptors (Lipinski definition) is 2. The van der Waals surface area contributed by atoms with Crippen LogP contribution < -0.4 is 0 Å². The lowest BCUT2D eigenvalue weighted by molar-refractivity contribution is -0.149. The summed E-state index contributed by atoms with van der Waals surface area (Å²) in [5, 5.41) is 8.61. The number of rotatable bonds is 3. The van der Waals surface area contributed by atoms with Crippen LogP contribution in [0.15, 0.2) is 0 Å². The van der Waals surface area contributed by atoms with Crippen LogP contribution >= 0.6 is 0 Å². The first-order valence-corrected chi connectivity index (χ1v) is 3.54. The number of carbonyl (C=O) groups excluding carboxylic acids is 1. The number of Topliss-reactive ketones (excluding diaryl/α,β-unsaturated/α-hetero) is 1. The van der Waals surface area contributed by atoms with Gasteiger partial charge in [0.2, 0.25) is 0 Å². The Kier molecular flexibility index (Phi) is 2.79. The first-order valence-electron chi connectivity index (χ1n) is 3.54. The van der Waals surface area contributed by atoms with Gasteiger partial charge >= 0.3 is 5.97 Å². The summed E-state index contributed by atoms with van der Waals surface area (Å²) in [4.78, 5) is 21.4. The number of aliphatic carboxylic acids is 1. The fourth-order valence-electron chi connectivity index (χ4n) is 0.614. The topological polar surface area (TPSA) is 54.4 Å². The summed E-state index contributed by atoms with van der Waals surface area (Å²) in [6.07, 6.45) is 0. The summed E-state index contributed by atoms with van der Waals surface area (Å²) in [5.41, 5.74) is -0.758. The molecule has 0 fully saturated rings. The van der Waals surface area contributed by atoms with Gasteiger partial charge in [-0.15, -0.1) is 0 Å². The summed E-state index contributed by atoms with van der Waals surface area (Å²) < 4.78 is 0. The van der Waals surface area contributed by atoms with Crippen LogP contribution in [0.5, 0.6) is 0 Å². The van der Waals surface area contributed by atoms with Gasteiger partial charge in [0, 0.05) is 5.41 Å². The minimum Gasteiger partial charge on any atom is -0.481 e. The molecule has 0 bridgehead atoms. The molecule has 3 heteroatoms. The molecule has 1 unspecified atom stereocenters. The first kappa shape index (κ1) is 10.1. The Bertz CT molecular complexity index is 182. The molecule has 0 saturated heterocycles. The van der Waals surface area contributed by atoms with Gasteiger partial charge in [0.1, 0.15) is 5.78 Å². The van der Waals surface area contributed by atoms with Crippen molar-refractivity contribution in [2.45, 2.75) is 27.7 Å². The van der Waals surface area contributed by atoms with Gasteiger partial charge in [0.15, 0.2) is 0 Å². The van der Waals surface area contributed by atoms with E-state index in [1.54, 1.807) is 20.8 Å². The van der Waals surface area contributed by atoms with Gasteiger partial charge in [-0.3, -0.25) is 9.59 Å². The summed E-state index contributed by atoms with van der Waals surface area (Å²) in [6.45, 7) is 6.26. The number of ketones is 1. The average molecular weight is 158 g/mol. The third-order valence-electron chi connectivity index (χ3n) is 2.36. The Balaban J connectivity index is 4.55. The highest BCUT2D eigenvalue weighted by molar-refractivity contribution is 5.87. The molecule has 0 aromatic carbocycles. The molecule has 0 aromatic rings. The van der Waals surface area contributed by atoms with E-state index in [0.29, 0.717) is 0 Å². The molecule has 11 heavy (non-hydrogen) atoms. The van der Waals surface area contributed by atoms with Crippen LogP contribution in [0, 0.1) is 11.3 Å². The molecule has 1 N–H and O–H groups in total. The van der Waals surface area contributed by atoms with Crippen LogP contribution in [-0.2, 0) is 9.59 Å². The number of carboxylic acid groups (broad SMARTS) is 1. The third-order valence-corrected chi connectivity index (χ3v) is 2.36. The maximum atomic E-state index is 10.9. The zero-order valence-corrected chi connectivity index (χ0v) is 7.34. The fraction of sp³-hybridized carbons (Fsp3) is 0.750. The molecule has 0 aliphatic carbocycles. The molecule has 0 aliphatic heterocycles. The normalized spacial score (nSPS) is 14.2. The van der Waals surface area contributed by atoms with Gasteiger partial charge in [-0.2, -0.15) is 0 Å². The first-order chi connectivity index (χ1) is 4.80. The van der Waals surface area contributed by atoms with E-state index in [4.69, 9.17) is 5.11 Å². The molecule has 0 aromatic heterocycles. The van der Waals surface area contributed by atoms with E-state index in [-0.39, 0.29) is 5.78 Å². The number of hydrogen-bond donors (Lipinski definition) is 1. The van der Waals surface area contributed by atoms with Gasteiger partial charge in [-0.25, -0.2) is 0 Å². The second-order valence-electron chi connectivity index (χ2n) is 3.34. The van der Waals surface area contributed by atoms with Gasteiger partial charge in [0.25, 0.3) is 0 Å². The van der Waals surface area contributed by atoms with Gasteiger partial charge < -0.3 is 5.11 Å². The fourth-order valence-corrected chi connectivity index (χ4v) is 0.614. The molecule has 0 spiro atoms. The Labute approximate surface area is 66.4 Å². The maximum absolute atomic E-state index is 10.9. The van der Waals surface area contributed by atoms with E-state index in [1.807, 2.05) is 0 Å². The number of carboxylic acids is 1. The van der Waals surface area contributed by atoms with E-state index in [1.165, 1.54) is 6.92 Å². The Hall–Kier alpha value is -0.860. The lowest BCUT2D eigenvalue weighted by Crippen LogP contribution is -2.34. The Morgan fingerprint density at radius 3 is 1.82 bits per heavy atom. The van der Waals surface area contributed by atoms with Crippen LogP contribution in [0.25, 0.3) is 0 Å². The molecule has 0 amide bonds. The molecule has 1 atom stereocenters. The van der Waals surface area contributed by atoms with Crippen LogP contribution in [0.1, 0.15) is 27.7 Å². The average Bonchev–Trinajstić information content (AvgIpc) is 1.85. The van der Waals surface area contributed by atoms with Gasteiger partial charge in [0.05, 0.1) is 5.92 Å². The minimum atomic E-state index is -0.926. The second-order valence-corrected chi connectivity index (χ2v) is 3.34. The molecule has 0 aliphatic rings.